The van der Waals surface area contributed by atoms with Crippen molar-refractivity contribution in [3.05, 3.63) is 30.3 Å². The third kappa shape index (κ3) is 8.60. The number of nitrogens with one attached hydrogen (secondary N) is 4. The fraction of sp³-hybridized carbons (Fsp3) is 0.474. The van der Waals surface area contributed by atoms with Gasteiger partial charge in [0.25, 0.3) is 0 Å². The second kappa shape index (κ2) is 11.6. The molecule has 0 aliphatic rings. The number of carboxylic acid groups (broad SMARTS) is 1. The van der Waals surface area contributed by atoms with Crippen LogP contribution in [0.3, 0.4) is 0 Å². The van der Waals surface area contributed by atoms with Crippen molar-refractivity contribution in [2.45, 2.75) is 45.3 Å². The minimum atomic E-state index is -1.29. The van der Waals surface area contributed by atoms with Crippen molar-refractivity contribution < 1.29 is 29.4 Å². The van der Waals surface area contributed by atoms with Gasteiger partial charge in [-0.25, -0.2) is 4.79 Å². The van der Waals surface area contributed by atoms with Gasteiger partial charge in [0.2, 0.25) is 11.8 Å². The summed E-state index contributed by atoms with van der Waals surface area (Å²) in [6.45, 7) is 4.29. The van der Waals surface area contributed by atoms with E-state index < -0.39 is 48.5 Å². The van der Waals surface area contributed by atoms with Gasteiger partial charge in [-0.1, -0.05) is 32.0 Å². The number of urea groups is 1. The molecule has 0 unspecified atom stereocenters. The molecule has 0 aliphatic heterocycles. The first-order valence-electron chi connectivity index (χ1n) is 9.21. The Balaban J connectivity index is 2.74. The summed E-state index contributed by atoms with van der Waals surface area (Å²) in [6.07, 6.45) is 0.248. The van der Waals surface area contributed by atoms with Gasteiger partial charge in [0.1, 0.15) is 18.1 Å². The monoisotopic (exact) mass is 408 g/mol. The highest BCUT2D eigenvalue weighted by Crippen LogP contribution is 2.07. The van der Waals surface area contributed by atoms with Crippen LogP contribution in [0.5, 0.6) is 0 Å². The van der Waals surface area contributed by atoms with Gasteiger partial charge < -0.3 is 31.5 Å². The lowest BCUT2D eigenvalue weighted by molar-refractivity contribution is -0.141. The van der Waals surface area contributed by atoms with E-state index in [0.29, 0.717) is 5.69 Å². The number of anilines is 1. The number of aliphatic hydroxyl groups excluding tert-OH is 1. The van der Waals surface area contributed by atoms with E-state index in [1.165, 1.54) is 6.92 Å². The van der Waals surface area contributed by atoms with Gasteiger partial charge in [-0.05, 0) is 31.4 Å². The zero-order valence-corrected chi connectivity index (χ0v) is 16.6. The van der Waals surface area contributed by atoms with Crippen LogP contribution in [0.1, 0.15) is 27.2 Å². The van der Waals surface area contributed by atoms with Crippen molar-refractivity contribution in [1.82, 2.24) is 16.0 Å². The normalized spacial score (nSPS) is 13.7. The molecule has 0 saturated heterocycles. The summed E-state index contributed by atoms with van der Waals surface area (Å²) in [7, 11) is 0. The predicted octanol–water partition coefficient (Wildman–Crippen LogP) is 0.289. The highest BCUT2D eigenvalue weighted by Gasteiger charge is 2.28. The molecule has 10 heteroatoms. The van der Waals surface area contributed by atoms with Crippen molar-refractivity contribution in [1.29, 1.82) is 0 Å². The van der Waals surface area contributed by atoms with E-state index in [1.807, 2.05) is 13.8 Å². The molecule has 0 fully saturated rings. The van der Waals surface area contributed by atoms with Crippen LogP contribution < -0.4 is 21.3 Å². The lowest BCUT2D eigenvalue weighted by Gasteiger charge is -2.24. The Labute approximate surface area is 169 Å². The Kier molecular flexibility index (Phi) is 9.60. The molecular formula is C19H28N4O6. The average Bonchev–Trinajstić information content (AvgIpc) is 2.65. The van der Waals surface area contributed by atoms with Crippen molar-refractivity contribution in [2.24, 2.45) is 5.92 Å². The number of aliphatic carboxylic acids is 1. The van der Waals surface area contributed by atoms with E-state index in [4.69, 9.17) is 5.11 Å². The minimum Gasteiger partial charge on any atom is -0.480 e. The number of carbonyl (C=O) groups is 4. The fourth-order valence-corrected chi connectivity index (χ4v) is 2.39. The Morgan fingerprint density at radius 1 is 0.897 bits per heavy atom. The summed E-state index contributed by atoms with van der Waals surface area (Å²) in [5, 5.41) is 28.0. The van der Waals surface area contributed by atoms with E-state index in [-0.39, 0.29) is 12.3 Å². The van der Waals surface area contributed by atoms with Crippen LogP contribution in [0.2, 0.25) is 0 Å². The summed E-state index contributed by atoms with van der Waals surface area (Å²) in [6, 6.07) is 4.39. The van der Waals surface area contributed by atoms with Crippen LogP contribution in [-0.4, -0.2) is 58.8 Å². The highest BCUT2D eigenvalue weighted by molar-refractivity contribution is 5.95. The van der Waals surface area contributed by atoms with E-state index in [9.17, 15) is 24.3 Å². The molecule has 4 amide bonds. The number of hydrogen-bond donors (Lipinski definition) is 6. The van der Waals surface area contributed by atoms with Crippen molar-refractivity contribution in [3.63, 3.8) is 0 Å². The zero-order valence-electron chi connectivity index (χ0n) is 16.6. The summed E-state index contributed by atoms with van der Waals surface area (Å²) < 4.78 is 0. The summed E-state index contributed by atoms with van der Waals surface area (Å²) >= 11 is 0. The number of para-hydroxylation sites is 1. The van der Waals surface area contributed by atoms with Crippen LogP contribution >= 0.6 is 0 Å². The predicted molar refractivity (Wildman–Crippen MR) is 106 cm³/mol. The van der Waals surface area contributed by atoms with Gasteiger partial charge >= 0.3 is 12.0 Å². The number of benzene rings is 1. The molecule has 0 aromatic heterocycles. The van der Waals surface area contributed by atoms with Crippen LogP contribution in [0.25, 0.3) is 0 Å². The van der Waals surface area contributed by atoms with E-state index in [0.717, 1.165) is 0 Å². The van der Waals surface area contributed by atoms with Crippen LogP contribution in [0.4, 0.5) is 10.5 Å². The molecule has 0 bridgehead atoms. The molecule has 0 aliphatic carbocycles. The van der Waals surface area contributed by atoms with Crippen LogP contribution in [-0.2, 0) is 14.4 Å². The van der Waals surface area contributed by atoms with Gasteiger partial charge in [0, 0.05) is 5.69 Å². The first-order chi connectivity index (χ1) is 13.6. The van der Waals surface area contributed by atoms with Crippen LogP contribution in [0, 0.1) is 5.92 Å². The molecule has 0 saturated carbocycles. The molecule has 29 heavy (non-hydrogen) atoms. The van der Waals surface area contributed by atoms with E-state index in [2.05, 4.69) is 21.3 Å². The Bertz CT molecular complexity index is 710. The molecule has 6 N–H and O–H groups in total. The lowest BCUT2D eigenvalue weighted by Crippen LogP contribution is -2.57. The minimum absolute atomic E-state index is 0.0214. The van der Waals surface area contributed by atoms with E-state index >= 15 is 0 Å². The maximum atomic E-state index is 12.5. The smallest absolute Gasteiger partial charge is 0.325 e. The van der Waals surface area contributed by atoms with Crippen LogP contribution in [0.15, 0.2) is 30.3 Å². The fourth-order valence-electron chi connectivity index (χ4n) is 2.39. The first-order valence-corrected chi connectivity index (χ1v) is 9.21. The largest absolute Gasteiger partial charge is 0.480 e. The van der Waals surface area contributed by atoms with Gasteiger partial charge in [-0.15, -0.1) is 0 Å². The molecular weight excluding hydrogens is 380 g/mol. The summed E-state index contributed by atoms with van der Waals surface area (Å²) in [5.74, 6) is -2.61. The topological polar surface area (TPSA) is 157 Å². The number of carboxylic acids is 1. The van der Waals surface area contributed by atoms with Gasteiger partial charge in [-0.2, -0.15) is 0 Å². The maximum Gasteiger partial charge on any atom is 0.325 e. The Hall–Kier alpha value is -3.14. The number of hydrogen-bond acceptors (Lipinski definition) is 5. The zero-order chi connectivity index (χ0) is 22.0. The number of rotatable bonds is 10. The Morgan fingerprint density at radius 3 is 2.00 bits per heavy atom. The van der Waals surface area contributed by atoms with Gasteiger partial charge in [0.15, 0.2) is 0 Å². The van der Waals surface area contributed by atoms with Crippen molar-refractivity contribution >= 4 is 29.5 Å². The highest BCUT2D eigenvalue weighted by atomic mass is 16.4. The Morgan fingerprint density at radius 2 is 1.48 bits per heavy atom. The van der Waals surface area contributed by atoms with Crippen molar-refractivity contribution in [2.75, 3.05) is 11.9 Å². The molecule has 10 nitrogen and oxygen atoms in total. The molecule has 1 rings (SSSR count). The summed E-state index contributed by atoms with van der Waals surface area (Å²) in [4.78, 5) is 47.8. The standard InChI is InChI=1S/C19H28N4O6/c1-11(2)9-14(16(25)20-12(3)18(27)28)22-17(26)15(10-24)23-19(29)21-13-7-5-4-6-8-13/h4-8,11-12,14-15,24H,9-10H2,1-3H3,(H,20,25)(H,22,26)(H,27,28)(H2,21,23,29)/t12-,14-,15-/m0/s1. The quantitative estimate of drug-likeness (QED) is 0.327. The number of aliphatic hydroxyl groups is 1. The average molecular weight is 408 g/mol. The second-order valence-electron chi connectivity index (χ2n) is 6.96. The number of carbonyl (C=O) groups excluding carboxylic acids is 3. The number of amides is 4. The third-order valence-corrected chi connectivity index (χ3v) is 3.91. The molecule has 0 radical (unpaired) electrons. The molecule has 0 spiro atoms. The van der Waals surface area contributed by atoms with Crippen molar-refractivity contribution in [3.8, 4) is 0 Å². The molecule has 3 atom stereocenters. The van der Waals surface area contributed by atoms with Gasteiger partial charge in [-0.3, -0.25) is 14.4 Å². The van der Waals surface area contributed by atoms with Gasteiger partial charge in [0.05, 0.1) is 6.61 Å². The third-order valence-electron chi connectivity index (χ3n) is 3.91. The lowest BCUT2D eigenvalue weighted by atomic mass is 10.0. The SMILES string of the molecule is CC(C)C[C@H](NC(=O)[C@H](CO)NC(=O)Nc1ccccc1)C(=O)N[C@@H](C)C(=O)O. The maximum absolute atomic E-state index is 12.5. The molecule has 1 aromatic carbocycles. The van der Waals surface area contributed by atoms with E-state index in [1.54, 1.807) is 30.3 Å². The molecule has 1 aromatic rings. The molecule has 160 valence electrons. The first kappa shape index (κ1) is 23.9. The molecule has 0 heterocycles. The summed E-state index contributed by atoms with van der Waals surface area (Å²) in [5.41, 5.74) is 0.502. The second-order valence-corrected chi connectivity index (χ2v) is 6.96.